The SMILES string of the molecule is CC(C)(C)[Si](C)(C)OC[C@]1(C2CO2)C[C@H]2OCC=C[C@H]2O1. The van der Waals surface area contributed by atoms with Crippen molar-refractivity contribution in [2.24, 2.45) is 0 Å². The molecule has 1 unspecified atom stereocenters. The van der Waals surface area contributed by atoms with Gasteiger partial charge in [0.2, 0.25) is 0 Å². The maximum Gasteiger partial charge on any atom is 0.192 e. The van der Waals surface area contributed by atoms with Crippen molar-refractivity contribution in [2.45, 2.75) is 69.2 Å². The van der Waals surface area contributed by atoms with Gasteiger partial charge < -0.3 is 18.6 Å². The van der Waals surface area contributed by atoms with Gasteiger partial charge in [0, 0.05) is 6.42 Å². The van der Waals surface area contributed by atoms with E-state index in [0.717, 1.165) is 13.0 Å². The van der Waals surface area contributed by atoms with Crippen LogP contribution < -0.4 is 0 Å². The Hall–Kier alpha value is -0.203. The third-order valence-corrected chi connectivity index (χ3v) is 9.90. The van der Waals surface area contributed by atoms with Crippen LogP contribution in [-0.2, 0) is 18.6 Å². The first-order valence-corrected chi connectivity index (χ1v) is 10.9. The lowest BCUT2D eigenvalue weighted by atomic mass is 9.95. The van der Waals surface area contributed by atoms with Crippen LogP contribution in [0.4, 0.5) is 0 Å². The summed E-state index contributed by atoms with van der Waals surface area (Å²) in [5, 5.41) is 0.209. The van der Waals surface area contributed by atoms with E-state index in [1.54, 1.807) is 0 Å². The molecule has 4 nitrogen and oxygen atoms in total. The highest BCUT2D eigenvalue weighted by atomic mass is 28.4. The molecule has 3 aliphatic heterocycles. The molecule has 0 aromatic carbocycles. The lowest BCUT2D eigenvalue weighted by molar-refractivity contribution is -0.0790. The van der Waals surface area contributed by atoms with Crippen LogP contribution in [0.3, 0.4) is 0 Å². The molecule has 2 saturated heterocycles. The zero-order chi connectivity index (χ0) is 15.3. The zero-order valence-electron chi connectivity index (χ0n) is 13.8. The van der Waals surface area contributed by atoms with Crippen LogP contribution in [0.25, 0.3) is 0 Å². The van der Waals surface area contributed by atoms with Gasteiger partial charge in [-0.3, -0.25) is 0 Å². The van der Waals surface area contributed by atoms with Gasteiger partial charge in [-0.25, -0.2) is 0 Å². The topological polar surface area (TPSA) is 40.2 Å². The van der Waals surface area contributed by atoms with Gasteiger partial charge in [-0.2, -0.15) is 0 Å². The van der Waals surface area contributed by atoms with E-state index in [4.69, 9.17) is 18.6 Å². The third-order valence-electron chi connectivity index (χ3n) is 5.42. The van der Waals surface area contributed by atoms with Crippen molar-refractivity contribution < 1.29 is 18.6 Å². The van der Waals surface area contributed by atoms with Gasteiger partial charge in [0.25, 0.3) is 0 Å². The lowest BCUT2D eigenvalue weighted by Gasteiger charge is -2.39. The Balaban J connectivity index is 1.70. The van der Waals surface area contributed by atoms with Crippen LogP contribution in [0.1, 0.15) is 27.2 Å². The summed E-state index contributed by atoms with van der Waals surface area (Å²) in [5.41, 5.74) is -0.320. The number of ether oxygens (including phenoxy) is 3. The third kappa shape index (κ3) is 2.99. The maximum absolute atomic E-state index is 6.44. The highest BCUT2D eigenvalue weighted by molar-refractivity contribution is 6.74. The number of epoxide rings is 1. The first kappa shape index (κ1) is 15.7. The number of hydrogen-bond acceptors (Lipinski definition) is 4. The predicted molar refractivity (Wildman–Crippen MR) is 84.0 cm³/mol. The van der Waals surface area contributed by atoms with Crippen molar-refractivity contribution in [1.82, 2.24) is 0 Å². The van der Waals surface area contributed by atoms with Crippen LogP contribution in [0.5, 0.6) is 0 Å². The monoisotopic (exact) mass is 312 g/mol. The molecule has 0 radical (unpaired) electrons. The van der Waals surface area contributed by atoms with Crippen LogP contribution in [0, 0.1) is 0 Å². The molecule has 0 N–H and O–H groups in total. The highest BCUT2D eigenvalue weighted by Crippen LogP contribution is 2.44. The van der Waals surface area contributed by atoms with Gasteiger partial charge in [-0.15, -0.1) is 0 Å². The van der Waals surface area contributed by atoms with Gasteiger partial charge in [0.15, 0.2) is 8.32 Å². The van der Waals surface area contributed by atoms with Crippen LogP contribution in [0.2, 0.25) is 18.1 Å². The smallest absolute Gasteiger partial charge is 0.192 e. The molecular formula is C16H28O4Si. The quantitative estimate of drug-likeness (QED) is 0.455. The lowest BCUT2D eigenvalue weighted by Crippen LogP contribution is -2.48. The maximum atomic E-state index is 6.44. The molecule has 3 aliphatic rings. The molecule has 5 heteroatoms. The first-order chi connectivity index (χ1) is 9.74. The van der Waals surface area contributed by atoms with Crippen molar-refractivity contribution in [2.75, 3.05) is 19.8 Å². The Morgan fingerprint density at radius 2 is 2.00 bits per heavy atom. The predicted octanol–water partition coefficient (Wildman–Crippen LogP) is 2.89. The van der Waals surface area contributed by atoms with Gasteiger partial charge in [-0.05, 0) is 18.1 Å². The molecule has 0 saturated carbocycles. The van der Waals surface area contributed by atoms with Gasteiger partial charge in [0.1, 0.15) is 17.8 Å². The Morgan fingerprint density at radius 3 is 2.57 bits per heavy atom. The average molecular weight is 312 g/mol. The van der Waals surface area contributed by atoms with Crippen molar-refractivity contribution >= 4 is 8.32 Å². The molecular weight excluding hydrogens is 284 g/mol. The van der Waals surface area contributed by atoms with E-state index in [9.17, 15) is 0 Å². The minimum atomic E-state index is -1.78. The molecule has 0 bridgehead atoms. The summed E-state index contributed by atoms with van der Waals surface area (Å²) < 4.78 is 24.2. The highest BCUT2D eigenvalue weighted by Gasteiger charge is 2.57. The molecule has 0 aliphatic carbocycles. The number of hydrogen-bond donors (Lipinski definition) is 0. The summed E-state index contributed by atoms with van der Waals surface area (Å²) in [5.74, 6) is 0. The molecule has 0 amide bonds. The molecule has 0 aromatic rings. The fourth-order valence-electron chi connectivity index (χ4n) is 2.80. The van der Waals surface area contributed by atoms with Gasteiger partial charge >= 0.3 is 0 Å². The summed E-state index contributed by atoms with van der Waals surface area (Å²) in [4.78, 5) is 0. The second-order valence-corrected chi connectivity index (χ2v) is 12.8. The second kappa shape index (κ2) is 5.17. The molecule has 3 rings (SSSR count). The molecule has 2 fully saturated rings. The average Bonchev–Trinajstić information content (AvgIpc) is 3.17. The zero-order valence-corrected chi connectivity index (χ0v) is 14.8. The summed E-state index contributed by atoms with van der Waals surface area (Å²) >= 11 is 0. The van der Waals surface area contributed by atoms with Crippen LogP contribution in [-0.4, -0.2) is 52.1 Å². The van der Waals surface area contributed by atoms with Crippen LogP contribution >= 0.6 is 0 Å². The molecule has 0 aromatic heterocycles. The summed E-state index contributed by atoms with van der Waals surface area (Å²) in [6, 6.07) is 0. The molecule has 120 valence electrons. The molecule has 4 atom stereocenters. The normalized spacial score (nSPS) is 39.4. The number of fused-ring (bicyclic) bond motifs is 1. The second-order valence-electron chi connectivity index (χ2n) is 8.02. The minimum absolute atomic E-state index is 0.0611. The van der Waals surface area contributed by atoms with Crippen molar-refractivity contribution in [3.63, 3.8) is 0 Å². The Morgan fingerprint density at radius 1 is 1.29 bits per heavy atom. The summed E-state index contributed by atoms with van der Waals surface area (Å²) in [6.07, 6.45) is 5.43. The summed E-state index contributed by atoms with van der Waals surface area (Å²) in [6.45, 7) is 13.5. The minimum Gasteiger partial charge on any atom is -0.414 e. The van der Waals surface area contributed by atoms with Crippen molar-refractivity contribution in [1.29, 1.82) is 0 Å². The van der Waals surface area contributed by atoms with Crippen molar-refractivity contribution in [3.8, 4) is 0 Å². The van der Waals surface area contributed by atoms with E-state index in [2.05, 4.69) is 39.9 Å². The van der Waals surface area contributed by atoms with E-state index >= 15 is 0 Å². The molecule has 0 spiro atoms. The fraction of sp³-hybridized carbons (Fsp3) is 0.875. The molecule has 3 heterocycles. The van der Waals surface area contributed by atoms with Gasteiger partial charge in [0.05, 0.1) is 25.9 Å². The van der Waals surface area contributed by atoms with E-state index < -0.39 is 8.32 Å². The largest absolute Gasteiger partial charge is 0.414 e. The van der Waals surface area contributed by atoms with Crippen LogP contribution in [0.15, 0.2) is 12.2 Å². The fourth-order valence-corrected chi connectivity index (χ4v) is 3.84. The van der Waals surface area contributed by atoms with E-state index in [0.29, 0.717) is 13.2 Å². The first-order valence-electron chi connectivity index (χ1n) is 7.95. The van der Waals surface area contributed by atoms with Gasteiger partial charge in [-0.1, -0.05) is 32.9 Å². The Kier molecular flexibility index (Phi) is 3.86. The van der Waals surface area contributed by atoms with E-state index in [1.165, 1.54) is 0 Å². The standard InChI is InChI=1S/C16H28O4Si/c1-15(2,3)21(4,5)19-11-16(14-10-18-14)9-13-12(20-16)7-6-8-17-13/h6-7,12-14H,8-11H2,1-5H3/t12-,13-,14?,16+/m1/s1. The molecule has 21 heavy (non-hydrogen) atoms. The summed E-state index contributed by atoms with van der Waals surface area (Å²) in [7, 11) is -1.78. The number of rotatable bonds is 4. The Bertz CT molecular complexity index is 424. The van der Waals surface area contributed by atoms with E-state index in [-0.39, 0.29) is 29.0 Å². The van der Waals surface area contributed by atoms with Crippen molar-refractivity contribution in [3.05, 3.63) is 12.2 Å². The Labute approximate surface area is 128 Å². The van der Waals surface area contributed by atoms with E-state index in [1.807, 2.05) is 6.08 Å².